The van der Waals surface area contributed by atoms with Crippen molar-refractivity contribution >= 4 is 5.78 Å². The van der Waals surface area contributed by atoms with Crippen LogP contribution in [-0.2, 0) is 9.53 Å². The smallest absolute Gasteiger partial charge is 0.136 e. The Morgan fingerprint density at radius 1 is 1.36 bits per heavy atom. The molecule has 0 aromatic rings. The van der Waals surface area contributed by atoms with E-state index in [4.69, 9.17) is 4.74 Å². The van der Waals surface area contributed by atoms with E-state index in [1.165, 1.54) is 6.42 Å². The molecule has 14 heavy (non-hydrogen) atoms. The Morgan fingerprint density at radius 2 is 2.00 bits per heavy atom. The fourth-order valence-corrected chi connectivity index (χ4v) is 1.91. The van der Waals surface area contributed by atoms with Gasteiger partial charge in [0.1, 0.15) is 5.78 Å². The number of carbonyl (C=O) groups is 1. The maximum Gasteiger partial charge on any atom is 0.136 e. The van der Waals surface area contributed by atoms with Gasteiger partial charge in [0.25, 0.3) is 0 Å². The highest BCUT2D eigenvalue weighted by molar-refractivity contribution is 5.80. The molecule has 1 heterocycles. The summed E-state index contributed by atoms with van der Waals surface area (Å²) in [4.78, 5) is 11.7. The van der Waals surface area contributed by atoms with Gasteiger partial charge in [-0.25, -0.2) is 0 Å². The Balaban J connectivity index is 2.13. The minimum absolute atomic E-state index is 0.302. The summed E-state index contributed by atoms with van der Waals surface area (Å²) in [5.41, 5.74) is 0. The molecule has 2 nitrogen and oxygen atoms in total. The Morgan fingerprint density at radius 3 is 2.57 bits per heavy atom. The molecule has 0 atom stereocenters. The molecule has 0 aliphatic carbocycles. The highest BCUT2D eigenvalue weighted by Gasteiger charge is 2.20. The molecule has 1 aliphatic rings. The van der Waals surface area contributed by atoms with Gasteiger partial charge in [-0.3, -0.25) is 4.79 Å². The Kier molecular flexibility index (Phi) is 5.16. The largest absolute Gasteiger partial charge is 0.381 e. The van der Waals surface area contributed by atoms with Gasteiger partial charge in [0, 0.05) is 25.6 Å². The van der Waals surface area contributed by atoms with Crippen molar-refractivity contribution in [3.8, 4) is 0 Å². The summed E-state index contributed by atoms with van der Waals surface area (Å²) in [6.45, 7) is 5.97. The van der Waals surface area contributed by atoms with Crippen molar-refractivity contribution in [1.29, 1.82) is 0 Å². The molecule has 1 aliphatic heterocycles. The predicted octanol–water partition coefficient (Wildman–Crippen LogP) is 2.81. The van der Waals surface area contributed by atoms with Crippen LogP contribution in [-0.4, -0.2) is 19.0 Å². The maximum atomic E-state index is 11.7. The summed E-state index contributed by atoms with van der Waals surface area (Å²) in [6.07, 6.45) is 4.91. The number of Topliss-reactive ketones (excluding diaryl/α,β-unsaturated/α-hetero) is 1. The van der Waals surface area contributed by atoms with Crippen LogP contribution in [0.1, 0.15) is 46.0 Å². The van der Waals surface area contributed by atoms with Crippen molar-refractivity contribution in [2.45, 2.75) is 46.0 Å². The highest BCUT2D eigenvalue weighted by Crippen LogP contribution is 2.19. The Labute approximate surface area is 87.0 Å². The van der Waals surface area contributed by atoms with Crippen LogP contribution in [0, 0.1) is 11.8 Å². The van der Waals surface area contributed by atoms with Crippen LogP contribution in [0.15, 0.2) is 0 Å². The first-order chi connectivity index (χ1) is 6.70. The van der Waals surface area contributed by atoms with E-state index in [0.29, 0.717) is 11.7 Å². The van der Waals surface area contributed by atoms with E-state index in [-0.39, 0.29) is 0 Å². The fourth-order valence-electron chi connectivity index (χ4n) is 1.91. The van der Waals surface area contributed by atoms with Crippen LogP contribution in [0.2, 0.25) is 0 Å². The highest BCUT2D eigenvalue weighted by atomic mass is 16.5. The molecule has 0 aromatic heterocycles. The third kappa shape index (κ3) is 4.23. The minimum Gasteiger partial charge on any atom is -0.381 e. The van der Waals surface area contributed by atoms with E-state index in [1.54, 1.807) is 0 Å². The predicted molar refractivity (Wildman–Crippen MR) is 57.2 cm³/mol. The van der Waals surface area contributed by atoms with Gasteiger partial charge in [0.2, 0.25) is 0 Å². The zero-order chi connectivity index (χ0) is 10.4. The van der Waals surface area contributed by atoms with Crippen LogP contribution in [0.5, 0.6) is 0 Å². The second kappa shape index (κ2) is 6.18. The summed E-state index contributed by atoms with van der Waals surface area (Å²) in [5, 5.41) is 0. The lowest BCUT2D eigenvalue weighted by atomic mass is 9.91. The SMILES string of the molecule is CC(C)CCCC(=O)C1CCOCC1. The van der Waals surface area contributed by atoms with Crippen molar-refractivity contribution in [3.05, 3.63) is 0 Å². The summed E-state index contributed by atoms with van der Waals surface area (Å²) in [5.74, 6) is 1.49. The number of hydrogen-bond donors (Lipinski definition) is 0. The summed E-state index contributed by atoms with van der Waals surface area (Å²) in [6, 6.07) is 0. The second-order valence-electron chi connectivity index (χ2n) is 4.64. The molecule has 0 saturated carbocycles. The molecule has 0 unspecified atom stereocenters. The monoisotopic (exact) mass is 198 g/mol. The molecule has 0 N–H and O–H groups in total. The van der Waals surface area contributed by atoms with Gasteiger partial charge in [-0.05, 0) is 25.2 Å². The van der Waals surface area contributed by atoms with E-state index in [2.05, 4.69) is 13.8 Å². The van der Waals surface area contributed by atoms with Gasteiger partial charge in [0.05, 0.1) is 0 Å². The van der Waals surface area contributed by atoms with Gasteiger partial charge >= 0.3 is 0 Å². The first-order valence-corrected chi connectivity index (χ1v) is 5.80. The molecule has 0 bridgehead atoms. The van der Waals surface area contributed by atoms with Crippen molar-refractivity contribution < 1.29 is 9.53 Å². The third-order valence-corrected chi connectivity index (χ3v) is 2.88. The number of ether oxygens (including phenoxy) is 1. The number of carbonyl (C=O) groups excluding carboxylic acids is 1. The van der Waals surface area contributed by atoms with Crippen LogP contribution in [0.4, 0.5) is 0 Å². The van der Waals surface area contributed by atoms with Crippen molar-refractivity contribution in [3.63, 3.8) is 0 Å². The zero-order valence-electron chi connectivity index (χ0n) is 9.42. The molecule has 0 aromatic carbocycles. The third-order valence-electron chi connectivity index (χ3n) is 2.88. The van der Waals surface area contributed by atoms with Gasteiger partial charge in [-0.15, -0.1) is 0 Å². The first kappa shape index (κ1) is 11.7. The first-order valence-electron chi connectivity index (χ1n) is 5.80. The van der Waals surface area contributed by atoms with Crippen LogP contribution < -0.4 is 0 Å². The van der Waals surface area contributed by atoms with E-state index in [1.807, 2.05) is 0 Å². The summed E-state index contributed by atoms with van der Waals surface area (Å²) in [7, 11) is 0. The second-order valence-corrected chi connectivity index (χ2v) is 4.64. The molecule has 1 saturated heterocycles. The average molecular weight is 198 g/mol. The molecular formula is C12H22O2. The normalized spacial score (nSPS) is 18.8. The molecule has 1 rings (SSSR count). The molecule has 0 radical (unpaired) electrons. The number of hydrogen-bond acceptors (Lipinski definition) is 2. The molecule has 0 amide bonds. The van der Waals surface area contributed by atoms with Crippen LogP contribution >= 0.6 is 0 Å². The Hall–Kier alpha value is -0.370. The maximum absolute atomic E-state index is 11.7. The van der Waals surface area contributed by atoms with Gasteiger partial charge in [-0.1, -0.05) is 20.3 Å². The summed E-state index contributed by atoms with van der Waals surface area (Å²) < 4.78 is 5.24. The molecular weight excluding hydrogens is 176 g/mol. The lowest BCUT2D eigenvalue weighted by Gasteiger charge is -2.20. The van der Waals surface area contributed by atoms with Crippen LogP contribution in [0.3, 0.4) is 0 Å². The average Bonchev–Trinajstić information content (AvgIpc) is 2.18. The zero-order valence-corrected chi connectivity index (χ0v) is 9.42. The Bertz CT molecular complexity index is 169. The number of rotatable bonds is 5. The van der Waals surface area contributed by atoms with Crippen molar-refractivity contribution in [2.24, 2.45) is 11.8 Å². The topological polar surface area (TPSA) is 26.3 Å². The van der Waals surface area contributed by atoms with E-state index in [0.717, 1.165) is 44.8 Å². The standard InChI is InChI=1S/C12H22O2/c1-10(2)4-3-5-12(13)11-6-8-14-9-7-11/h10-11H,3-9H2,1-2H3. The van der Waals surface area contributed by atoms with Gasteiger partial charge in [-0.2, -0.15) is 0 Å². The van der Waals surface area contributed by atoms with Crippen LogP contribution in [0.25, 0.3) is 0 Å². The molecule has 2 heteroatoms. The molecule has 82 valence electrons. The van der Waals surface area contributed by atoms with Crippen molar-refractivity contribution in [2.75, 3.05) is 13.2 Å². The van der Waals surface area contributed by atoms with Gasteiger partial charge < -0.3 is 4.74 Å². The molecule has 1 fully saturated rings. The van der Waals surface area contributed by atoms with Crippen molar-refractivity contribution in [1.82, 2.24) is 0 Å². The van der Waals surface area contributed by atoms with Gasteiger partial charge in [0.15, 0.2) is 0 Å². The van der Waals surface area contributed by atoms with E-state index >= 15 is 0 Å². The minimum atomic E-state index is 0.302. The quantitative estimate of drug-likeness (QED) is 0.679. The van der Waals surface area contributed by atoms with E-state index in [9.17, 15) is 4.79 Å². The lowest BCUT2D eigenvalue weighted by molar-refractivity contribution is -0.125. The van der Waals surface area contributed by atoms with E-state index < -0.39 is 0 Å². The summed E-state index contributed by atoms with van der Waals surface area (Å²) >= 11 is 0. The molecule has 0 spiro atoms. The lowest BCUT2D eigenvalue weighted by Crippen LogP contribution is -2.23. The fraction of sp³-hybridized carbons (Fsp3) is 0.917. The number of ketones is 1.